The van der Waals surface area contributed by atoms with Crippen LogP contribution in [0.1, 0.15) is 48.4 Å². The first-order chi connectivity index (χ1) is 19.6. The fourth-order valence-corrected chi connectivity index (χ4v) is 6.60. The van der Waals surface area contributed by atoms with Crippen molar-refractivity contribution in [2.75, 3.05) is 6.61 Å². The van der Waals surface area contributed by atoms with Gasteiger partial charge in [-0.2, -0.15) is 0 Å². The normalized spacial score (nSPS) is 19.9. The summed E-state index contributed by atoms with van der Waals surface area (Å²) in [5.41, 5.74) is 3.06. The van der Waals surface area contributed by atoms with Crippen molar-refractivity contribution in [2.24, 2.45) is 5.92 Å². The van der Waals surface area contributed by atoms with Crippen LogP contribution >= 0.6 is 0 Å². The number of rotatable bonds is 7. The quantitative estimate of drug-likeness (QED) is 0.263. The molecule has 0 bridgehead atoms. The Kier molecular flexibility index (Phi) is 6.85. The van der Waals surface area contributed by atoms with E-state index in [1.54, 1.807) is 4.90 Å². The molecule has 1 saturated heterocycles. The third-order valence-corrected chi connectivity index (χ3v) is 8.59. The summed E-state index contributed by atoms with van der Waals surface area (Å²) in [5, 5.41) is 0. The molecule has 0 aliphatic carbocycles. The lowest BCUT2D eigenvalue weighted by molar-refractivity contribution is -0.139. The number of amides is 1. The molecule has 0 unspecified atom stereocenters. The second kappa shape index (κ2) is 10.6. The number of fused-ring (bicyclic) bond motifs is 1. The van der Waals surface area contributed by atoms with E-state index in [1.807, 2.05) is 128 Å². The summed E-state index contributed by atoms with van der Waals surface area (Å²) < 4.78 is 6.29. The number of hydrogen-bond acceptors (Lipinski definition) is 3. The average molecular weight is 528 g/mol. The highest BCUT2D eigenvalue weighted by molar-refractivity contribution is 6.08. The molecule has 1 fully saturated rings. The zero-order chi connectivity index (χ0) is 27.7. The van der Waals surface area contributed by atoms with Crippen LogP contribution in [-0.2, 0) is 19.7 Å². The van der Waals surface area contributed by atoms with Gasteiger partial charge in [-0.25, -0.2) is 0 Å². The van der Waals surface area contributed by atoms with Gasteiger partial charge in [0.15, 0.2) is 5.78 Å². The molecule has 0 spiro atoms. The van der Waals surface area contributed by atoms with Crippen LogP contribution in [0.15, 0.2) is 133 Å². The second-order valence-corrected chi connectivity index (χ2v) is 10.6. The fraction of sp³-hybridized carbons (Fsp3) is 0.222. The van der Waals surface area contributed by atoms with Crippen molar-refractivity contribution in [3.05, 3.63) is 155 Å². The van der Waals surface area contributed by atoms with Gasteiger partial charge in [-0.15, -0.1) is 0 Å². The van der Waals surface area contributed by atoms with Gasteiger partial charge in [-0.05, 0) is 28.7 Å². The predicted octanol–water partition coefficient (Wildman–Crippen LogP) is 6.87. The summed E-state index contributed by atoms with van der Waals surface area (Å²) in [6.07, 6.45) is 0.728. The van der Waals surface area contributed by atoms with E-state index in [0.29, 0.717) is 18.1 Å². The Labute approximate surface area is 235 Å². The summed E-state index contributed by atoms with van der Waals surface area (Å²) in [5.74, 6) is -0.659. The minimum atomic E-state index is -1.09. The molecule has 0 N–H and O–H groups in total. The van der Waals surface area contributed by atoms with E-state index in [1.165, 1.54) is 0 Å². The molecule has 0 saturated carbocycles. The Hall–Kier alpha value is -4.44. The Bertz CT molecular complexity index is 1450. The zero-order valence-corrected chi connectivity index (χ0v) is 22.9. The molecule has 2 aliphatic rings. The van der Waals surface area contributed by atoms with Crippen molar-refractivity contribution in [3.8, 4) is 0 Å². The standard InChI is InChI=1S/C36H33NO3/c1-3-30-24-40-34-31(33(38)32(26-16-8-4-9-17-26)27-18-10-5-11-19-27)25(2)36(35(39)37(30)34,28-20-12-6-13-21-28)29-22-14-7-15-23-29/h4-23,25,30,32H,3,24H2,1-2H3/t25-,30-/m1/s1. The summed E-state index contributed by atoms with van der Waals surface area (Å²) in [4.78, 5) is 31.7. The average Bonchev–Trinajstić information content (AvgIpc) is 3.44. The van der Waals surface area contributed by atoms with Gasteiger partial charge < -0.3 is 4.74 Å². The van der Waals surface area contributed by atoms with Crippen molar-refractivity contribution in [2.45, 2.75) is 37.6 Å². The van der Waals surface area contributed by atoms with Crippen LogP contribution in [0.5, 0.6) is 0 Å². The summed E-state index contributed by atoms with van der Waals surface area (Å²) in [6, 6.07) is 39.5. The van der Waals surface area contributed by atoms with Gasteiger partial charge >= 0.3 is 0 Å². The lowest BCUT2D eigenvalue weighted by Crippen LogP contribution is -2.57. The van der Waals surface area contributed by atoms with E-state index in [9.17, 15) is 4.79 Å². The van der Waals surface area contributed by atoms with Crippen LogP contribution in [0.4, 0.5) is 0 Å². The number of hydrogen-bond donors (Lipinski definition) is 0. The molecule has 2 atom stereocenters. The summed E-state index contributed by atoms with van der Waals surface area (Å²) in [7, 11) is 0. The summed E-state index contributed by atoms with van der Waals surface area (Å²) >= 11 is 0. The molecule has 200 valence electrons. The van der Waals surface area contributed by atoms with E-state index in [4.69, 9.17) is 4.74 Å². The first-order valence-electron chi connectivity index (χ1n) is 14.0. The van der Waals surface area contributed by atoms with Gasteiger partial charge in [0.2, 0.25) is 11.8 Å². The maximum atomic E-state index is 15.0. The molecular formula is C36H33NO3. The monoisotopic (exact) mass is 527 g/mol. The van der Waals surface area contributed by atoms with Crippen LogP contribution in [0.3, 0.4) is 0 Å². The van der Waals surface area contributed by atoms with Crippen molar-refractivity contribution in [1.29, 1.82) is 0 Å². The van der Waals surface area contributed by atoms with Crippen LogP contribution in [0, 0.1) is 5.92 Å². The topological polar surface area (TPSA) is 46.6 Å². The van der Waals surface area contributed by atoms with Crippen molar-refractivity contribution in [1.82, 2.24) is 4.90 Å². The Balaban J connectivity index is 1.63. The number of carbonyl (C=O) groups excluding carboxylic acids is 2. The maximum Gasteiger partial charge on any atom is 0.245 e. The molecule has 0 radical (unpaired) electrons. The number of benzene rings is 4. The number of ketones is 1. The third kappa shape index (κ3) is 3.98. The van der Waals surface area contributed by atoms with Gasteiger partial charge in [-0.1, -0.05) is 135 Å². The molecule has 40 heavy (non-hydrogen) atoms. The highest BCUT2D eigenvalue weighted by atomic mass is 16.5. The van der Waals surface area contributed by atoms with Crippen LogP contribution < -0.4 is 0 Å². The molecule has 6 rings (SSSR count). The minimum absolute atomic E-state index is 0.0367. The molecule has 0 aromatic heterocycles. The molecule has 2 aliphatic heterocycles. The smallest absolute Gasteiger partial charge is 0.245 e. The van der Waals surface area contributed by atoms with Crippen molar-refractivity contribution >= 4 is 11.7 Å². The first kappa shape index (κ1) is 25.8. The van der Waals surface area contributed by atoms with Crippen LogP contribution in [0.25, 0.3) is 0 Å². The zero-order valence-electron chi connectivity index (χ0n) is 22.9. The molecule has 2 heterocycles. The molecule has 4 aromatic rings. The fourth-order valence-electron chi connectivity index (χ4n) is 6.60. The van der Waals surface area contributed by atoms with E-state index in [0.717, 1.165) is 28.7 Å². The molecule has 1 amide bonds. The summed E-state index contributed by atoms with van der Waals surface area (Å²) in [6.45, 7) is 4.46. The number of ether oxygens (including phenoxy) is 1. The van der Waals surface area contributed by atoms with Gasteiger partial charge in [-0.3, -0.25) is 14.5 Å². The molecule has 4 heteroatoms. The van der Waals surface area contributed by atoms with Crippen LogP contribution in [0.2, 0.25) is 0 Å². The van der Waals surface area contributed by atoms with Gasteiger partial charge in [0.05, 0.1) is 17.5 Å². The third-order valence-electron chi connectivity index (χ3n) is 8.59. The van der Waals surface area contributed by atoms with Gasteiger partial charge in [0.1, 0.15) is 12.0 Å². The Morgan fingerprint density at radius 2 is 1.25 bits per heavy atom. The maximum absolute atomic E-state index is 15.0. The van der Waals surface area contributed by atoms with E-state index in [2.05, 4.69) is 6.92 Å². The SMILES string of the molecule is CC[C@@H]1COC2=C(C(=O)C(c3ccccc3)c3ccccc3)[C@@H](C)C(c3ccccc3)(c3ccccc3)C(=O)N21. The van der Waals surface area contributed by atoms with Gasteiger partial charge in [0, 0.05) is 5.92 Å². The van der Waals surface area contributed by atoms with E-state index >= 15 is 4.79 Å². The number of Topliss-reactive ketones (excluding diaryl/α,β-unsaturated/α-hetero) is 1. The lowest BCUT2D eigenvalue weighted by atomic mass is 9.60. The second-order valence-electron chi connectivity index (χ2n) is 10.6. The molecular weight excluding hydrogens is 494 g/mol. The highest BCUT2D eigenvalue weighted by Gasteiger charge is 2.59. The number of carbonyl (C=O) groups is 2. The van der Waals surface area contributed by atoms with E-state index in [-0.39, 0.29) is 17.7 Å². The van der Waals surface area contributed by atoms with Crippen molar-refractivity contribution < 1.29 is 14.3 Å². The Morgan fingerprint density at radius 3 is 1.70 bits per heavy atom. The predicted molar refractivity (Wildman–Crippen MR) is 156 cm³/mol. The lowest BCUT2D eigenvalue weighted by Gasteiger charge is -2.47. The highest BCUT2D eigenvalue weighted by Crippen LogP contribution is 2.52. The largest absolute Gasteiger partial charge is 0.476 e. The Morgan fingerprint density at radius 1 is 0.800 bits per heavy atom. The van der Waals surface area contributed by atoms with Crippen LogP contribution in [-0.4, -0.2) is 29.2 Å². The first-order valence-corrected chi connectivity index (χ1v) is 14.0. The molecule has 4 aromatic carbocycles. The van der Waals surface area contributed by atoms with Gasteiger partial charge in [0.25, 0.3) is 0 Å². The minimum Gasteiger partial charge on any atom is -0.476 e. The van der Waals surface area contributed by atoms with Crippen molar-refractivity contribution in [3.63, 3.8) is 0 Å². The molecule has 4 nitrogen and oxygen atoms in total. The van der Waals surface area contributed by atoms with E-state index < -0.39 is 17.3 Å². The number of nitrogens with zero attached hydrogens (tertiary/aromatic N) is 1. The number of allylic oxidation sites excluding steroid dienone is 1.